The topological polar surface area (TPSA) is 84.6 Å². The molecule has 0 saturated carbocycles. The number of aliphatic hydroxyl groups excluding tert-OH is 1. The van der Waals surface area contributed by atoms with Gasteiger partial charge in [-0.25, -0.2) is 9.18 Å². The van der Waals surface area contributed by atoms with E-state index in [-0.39, 0.29) is 18.5 Å². The average molecular weight is 284 g/mol. The number of carbonyl (C=O) groups is 1. The zero-order valence-electron chi connectivity index (χ0n) is 11.9. The summed E-state index contributed by atoms with van der Waals surface area (Å²) < 4.78 is 18.7. The molecular weight excluding hydrogens is 263 g/mol. The molecule has 1 rings (SSSR count). The van der Waals surface area contributed by atoms with Crippen molar-refractivity contribution in [1.29, 1.82) is 0 Å². The number of ether oxygens (including phenoxy) is 1. The van der Waals surface area contributed by atoms with Crippen molar-refractivity contribution in [3.05, 3.63) is 29.6 Å². The minimum Gasteiger partial charge on any atom is -0.444 e. The third-order valence-corrected chi connectivity index (χ3v) is 2.44. The third-order valence-electron chi connectivity index (χ3n) is 2.44. The first-order valence-corrected chi connectivity index (χ1v) is 6.40. The average Bonchev–Trinajstić information content (AvgIpc) is 2.29. The van der Waals surface area contributed by atoms with Gasteiger partial charge in [-0.3, -0.25) is 5.32 Å². The van der Waals surface area contributed by atoms with E-state index in [4.69, 9.17) is 10.5 Å². The molecule has 0 spiro atoms. The van der Waals surface area contributed by atoms with Crippen molar-refractivity contribution >= 4 is 11.8 Å². The number of hydrogen-bond donors (Lipinski definition) is 3. The number of nitrogens with one attached hydrogen (secondary N) is 1. The van der Waals surface area contributed by atoms with Gasteiger partial charge in [0.1, 0.15) is 11.4 Å². The molecule has 0 aliphatic carbocycles. The number of aliphatic hydroxyl groups is 1. The van der Waals surface area contributed by atoms with Crippen LogP contribution in [0, 0.1) is 5.82 Å². The lowest BCUT2D eigenvalue weighted by molar-refractivity contribution is 0.0635. The van der Waals surface area contributed by atoms with Crippen LogP contribution in [0.1, 0.15) is 38.9 Å². The largest absolute Gasteiger partial charge is 0.444 e. The molecule has 5 nitrogen and oxygen atoms in total. The number of anilines is 1. The van der Waals surface area contributed by atoms with E-state index in [1.54, 1.807) is 20.8 Å². The fourth-order valence-electron chi connectivity index (χ4n) is 1.61. The van der Waals surface area contributed by atoms with E-state index in [0.29, 0.717) is 5.69 Å². The minimum absolute atomic E-state index is 0.101. The van der Waals surface area contributed by atoms with Crippen molar-refractivity contribution in [2.75, 3.05) is 11.9 Å². The van der Waals surface area contributed by atoms with Gasteiger partial charge in [-0.2, -0.15) is 0 Å². The molecule has 0 heterocycles. The predicted molar refractivity (Wildman–Crippen MR) is 74.9 cm³/mol. The van der Waals surface area contributed by atoms with Crippen molar-refractivity contribution in [3.63, 3.8) is 0 Å². The van der Waals surface area contributed by atoms with Gasteiger partial charge in [-0.1, -0.05) is 0 Å². The smallest absolute Gasteiger partial charge is 0.412 e. The van der Waals surface area contributed by atoms with Crippen molar-refractivity contribution in [1.82, 2.24) is 0 Å². The number of rotatable bonds is 4. The Morgan fingerprint density at radius 2 is 2.15 bits per heavy atom. The molecule has 6 heteroatoms. The summed E-state index contributed by atoms with van der Waals surface area (Å²) in [6.07, 6.45) is -1.39. The van der Waals surface area contributed by atoms with Crippen LogP contribution in [0.4, 0.5) is 14.9 Å². The lowest BCUT2D eigenvalue weighted by Gasteiger charge is -2.20. The maximum absolute atomic E-state index is 13.6. The van der Waals surface area contributed by atoms with Gasteiger partial charge in [0.25, 0.3) is 0 Å². The van der Waals surface area contributed by atoms with Crippen LogP contribution < -0.4 is 11.1 Å². The van der Waals surface area contributed by atoms with E-state index in [2.05, 4.69) is 5.32 Å². The van der Waals surface area contributed by atoms with Gasteiger partial charge in [-0.05, 0) is 51.9 Å². The Kier molecular flexibility index (Phi) is 5.47. The minimum atomic E-state index is -1.000. The summed E-state index contributed by atoms with van der Waals surface area (Å²) in [5.74, 6) is -0.541. The van der Waals surface area contributed by atoms with E-state index >= 15 is 0 Å². The number of benzene rings is 1. The highest BCUT2D eigenvalue weighted by molar-refractivity contribution is 5.84. The molecular formula is C14H21FN2O3. The standard InChI is InChI=1S/C14H21FN2O3/c1-14(2,3)20-13(19)17-9-4-5-11(15)10(8-9)12(18)6-7-16/h4-5,8,12,18H,6-7,16H2,1-3H3,(H,17,19). The number of nitrogens with two attached hydrogens (primary N) is 1. The molecule has 112 valence electrons. The van der Waals surface area contributed by atoms with E-state index in [1.807, 2.05) is 0 Å². The third kappa shape index (κ3) is 5.14. The lowest BCUT2D eigenvalue weighted by Crippen LogP contribution is -2.27. The molecule has 1 unspecified atom stereocenters. The predicted octanol–water partition coefficient (Wildman–Crippen LogP) is 2.55. The molecule has 0 bridgehead atoms. The maximum atomic E-state index is 13.6. The number of carbonyl (C=O) groups excluding carboxylic acids is 1. The van der Waals surface area contributed by atoms with Crippen molar-refractivity contribution in [2.24, 2.45) is 5.73 Å². The van der Waals surface area contributed by atoms with Gasteiger partial charge < -0.3 is 15.6 Å². The normalized spacial score (nSPS) is 12.9. The van der Waals surface area contributed by atoms with E-state index in [1.165, 1.54) is 18.2 Å². The lowest BCUT2D eigenvalue weighted by atomic mass is 10.1. The number of hydrogen-bond acceptors (Lipinski definition) is 4. The highest BCUT2D eigenvalue weighted by atomic mass is 19.1. The van der Waals surface area contributed by atoms with Crippen LogP contribution in [0.15, 0.2) is 18.2 Å². The molecule has 4 N–H and O–H groups in total. The first kappa shape index (κ1) is 16.4. The van der Waals surface area contributed by atoms with Gasteiger partial charge in [0.2, 0.25) is 0 Å². The highest BCUT2D eigenvalue weighted by Crippen LogP contribution is 2.23. The summed E-state index contributed by atoms with van der Waals surface area (Å²) in [4.78, 5) is 11.6. The summed E-state index contributed by atoms with van der Waals surface area (Å²) in [6.45, 7) is 5.47. The quantitative estimate of drug-likeness (QED) is 0.793. The van der Waals surface area contributed by atoms with Crippen LogP contribution in [0.2, 0.25) is 0 Å². The van der Waals surface area contributed by atoms with Gasteiger partial charge in [-0.15, -0.1) is 0 Å². The molecule has 0 fully saturated rings. The second-order valence-corrected chi connectivity index (χ2v) is 5.46. The highest BCUT2D eigenvalue weighted by Gasteiger charge is 2.18. The van der Waals surface area contributed by atoms with E-state index in [9.17, 15) is 14.3 Å². The van der Waals surface area contributed by atoms with Crippen LogP contribution in [0.5, 0.6) is 0 Å². The Labute approximate surface area is 117 Å². The summed E-state index contributed by atoms with van der Waals surface area (Å²) in [7, 11) is 0. The molecule has 0 aliphatic heterocycles. The molecule has 0 saturated heterocycles. The van der Waals surface area contributed by atoms with Crippen molar-refractivity contribution < 1.29 is 19.0 Å². The van der Waals surface area contributed by atoms with Gasteiger partial charge in [0.05, 0.1) is 6.10 Å². The zero-order chi connectivity index (χ0) is 15.3. The first-order chi connectivity index (χ1) is 9.23. The number of amides is 1. The molecule has 1 amide bonds. The molecule has 1 atom stereocenters. The first-order valence-electron chi connectivity index (χ1n) is 6.40. The second-order valence-electron chi connectivity index (χ2n) is 5.46. The number of halogens is 1. The fourth-order valence-corrected chi connectivity index (χ4v) is 1.61. The fraction of sp³-hybridized carbons (Fsp3) is 0.500. The molecule has 20 heavy (non-hydrogen) atoms. The Bertz CT molecular complexity index is 472. The summed E-state index contributed by atoms with van der Waals surface area (Å²) >= 11 is 0. The molecule has 0 aromatic heterocycles. The Hall–Kier alpha value is -1.66. The van der Waals surface area contributed by atoms with E-state index < -0.39 is 23.6 Å². The van der Waals surface area contributed by atoms with Crippen LogP contribution >= 0.6 is 0 Å². The SMILES string of the molecule is CC(C)(C)OC(=O)Nc1ccc(F)c(C(O)CCN)c1. The van der Waals surface area contributed by atoms with Crippen LogP contribution in [-0.2, 0) is 4.74 Å². The van der Waals surface area contributed by atoms with Crippen LogP contribution in [-0.4, -0.2) is 23.3 Å². The second kappa shape index (κ2) is 6.67. The summed E-state index contributed by atoms with van der Waals surface area (Å²) in [5, 5.41) is 12.3. The molecule has 0 radical (unpaired) electrons. The van der Waals surface area contributed by atoms with Gasteiger partial charge in [0.15, 0.2) is 0 Å². The maximum Gasteiger partial charge on any atom is 0.412 e. The summed E-state index contributed by atoms with van der Waals surface area (Å²) in [6, 6.07) is 3.96. The van der Waals surface area contributed by atoms with Crippen LogP contribution in [0.3, 0.4) is 0 Å². The zero-order valence-corrected chi connectivity index (χ0v) is 11.9. The van der Waals surface area contributed by atoms with E-state index in [0.717, 1.165) is 0 Å². The molecule has 1 aromatic rings. The molecule has 1 aromatic carbocycles. The molecule has 0 aliphatic rings. The monoisotopic (exact) mass is 284 g/mol. The van der Waals surface area contributed by atoms with Crippen molar-refractivity contribution in [2.45, 2.75) is 38.9 Å². The Morgan fingerprint density at radius 1 is 1.50 bits per heavy atom. The van der Waals surface area contributed by atoms with Crippen LogP contribution in [0.25, 0.3) is 0 Å². The van der Waals surface area contributed by atoms with Gasteiger partial charge >= 0.3 is 6.09 Å². The van der Waals surface area contributed by atoms with Gasteiger partial charge in [0, 0.05) is 11.3 Å². The summed E-state index contributed by atoms with van der Waals surface area (Å²) in [5.41, 5.74) is 5.17. The Balaban J connectivity index is 2.82. The Morgan fingerprint density at radius 3 is 2.70 bits per heavy atom. The van der Waals surface area contributed by atoms with Crippen molar-refractivity contribution in [3.8, 4) is 0 Å².